The molecular formula is C37H58N10O15. The van der Waals surface area contributed by atoms with E-state index in [2.05, 4.69) is 31.9 Å². The number of carboxylic acids is 2. The molecule has 18 N–H and O–H groups in total. The average molecular weight is 883 g/mol. The molecule has 1 aromatic rings. The minimum absolute atomic E-state index is 0.0686. The van der Waals surface area contributed by atoms with Gasteiger partial charge in [-0.3, -0.25) is 43.2 Å². The first-order valence-corrected chi connectivity index (χ1v) is 19.4. The summed E-state index contributed by atoms with van der Waals surface area (Å²) in [6, 6.07) is -3.58. The Bertz CT molecular complexity index is 1720. The predicted octanol–water partition coefficient (Wildman–Crippen LogP) is -6.71. The van der Waals surface area contributed by atoms with E-state index < -0.39 is 133 Å². The molecule has 0 saturated heterocycles. The van der Waals surface area contributed by atoms with Gasteiger partial charge in [0.2, 0.25) is 47.3 Å². The molecule has 0 aliphatic rings. The summed E-state index contributed by atoms with van der Waals surface area (Å²) in [5.41, 5.74) is 16.6. The van der Waals surface area contributed by atoms with E-state index in [0.717, 1.165) is 13.8 Å². The Morgan fingerprint density at radius 3 is 1.68 bits per heavy atom. The lowest BCUT2D eigenvalue weighted by Crippen LogP contribution is -2.63. The van der Waals surface area contributed by atoms with E-state index >= 15 is 0 Å². The molecule has 0 aliphatic heterocycles. The van der Waals surface area contributed by atoms with Gasteiger partial charge in [0, 0.05) is 12.8 Å². The van der Waals surface area contributed by atoms with Crippen LogP contribution >= 0.6 is 0 Å². The predicted molar refractivity (Wildman–Crippen MR) is 214 cm³/mol. The number of carbonyl (C=O) groups excluding carboxylic acids is 8. The van der Waals surface area contributed by atoms with Crippen molar-refractivity contribution in [2.24, 2.45) is 17.2 Å². The van der Waals surface area contributed by atoms with Crippen LogP contribution in [0.4, 0.5) is 0 Å². The van der Waals surface area contributed by atoms with Crippen molar-refractivity contribution in [2.45, 2.75) is 113 Å². The van der Waals surface area contributed by atoms with E-state index in [1.807, 2.05) is 5.32 Å². The lowest BCUT2D eigenvalue weighted by molar-refractivity contribution is -0.144. The largest absolute Gasteiger partial charge is 0.481 e. The number of carbonyl (C=O) groups is 10. The van der Waals surface area contributed by atoms with Crippen molar-refractivity contribution in [1.29, 1.82) is 0 Å². The van der Waals surface area contributed by atoms with Crippen molar-refractivity contribution >= 4 is 59.2 Å². The molecule has 0 radical (unpaired) electrons. The molecule has 0 fully saturated rings. The van der Waals surface area contributed by atoms with E-state index in [1.165, 1.54) is 0 Å². The van der Waals surface area contributed by atoms with Gasteiger partial charge in [0.05, 0.1) is 37.8 Å². The summed E-state index contributed by atoms with van der Waals surface area (Å²) in [5, 5.41) is 65.1. The number of rotatable bonds is 29. The Morgan fingerprint density at radius 1 is 0.645 bits per heavy atom. The SMILES string of the molecule is C[C@@H](O)[C@H](NC(=O)CNC(=O)[C@@H](N)CCC(N)=O)C(=O)N[C@@H](Cc1ccccc1)C(=O)N[C@H](C(=O)N[C@@H](CO)C(=O)N[C@@H](CC(=O)O)C(=O)N[C@@H](CCCCN)C(=O)O)[C@@H](C)O. The first kappa shape index (κ1) is 53.7. The first-order chi connectivity index (χ1) is 29.1. The summed E-state index contributed by atoms with van der Waals surface area (Å²) in [6.07, 6.45) is -4.23. The number of benzene rings is 1. The standard InChI is InChI=1S/C37H58N10O15/c1-18(49)29(46-27(52)16-41-31(55)21(39)11-12-26(40)51)35(59)44-23(14-20-8-4-3-5-9-20)33(57)47-30(19(2)50)36(60)45-25(17-48)34(58)43-24(15-28(53)54)32(56)42-22(37(61)62)10-6-7-13-38/h3-5,8-9,18-19,21-25,29-30,48-50H,6-7,10-17,38-39H2,1-2H3,(H2,40,51)(H,41,55)(H,42,56)(H,43,58)(H,44,59)(H,45,60)(H,46,52)(H,47,57)(H,53,54)(H,61,62)/t18-,19-,21+,22+,23+,24+,25+,29+,30+/m1/s1. The van der Waals surface area contributed by atoms with Gasteiger partial charge in [-0.05, 0) is 51.6 Å². The maximum Gasteiger partial charge on any atom is 0.326 e. The highest BCUT2D eigenvalue weighted by Crippen LogP contribution is 2.08. The smallest absolute Gasteiger partial charge is 0.326 e. The van der Waals surface area contributed by atoms with Gasteiger partial charge in [-0.15, -0.1) is 0 Å². The topological polar surface area (TPSA) is 434 Å². The van der Waals surface area contributed by atoms with Crippen molar-refractivity contribution in [3.05, 3.63) is 35.9 Å². The van der Waals surface area contributed by atoms with Crippen molar-refractivity contribution in [2.75, 3.05) is 19.7 Å². The normalized spacial score (nSPS) is 15.3. The lowest BCUT2D eigenvalue weighted by atomic mass is 10.0. The molecule has 0 heterocycles. The summed E-state index contributed by atoms with van der Waals surface area (Å²) >= 11 is 0. The van der Waals surface area contributed by atoms with Gasteiger partial charge in [-0.2, -0.15) is 0 Å². The van der Waals surface area contributed by atoms with E-state index in [1.54, 1.807) is 30.3 Å². The number of hydrogen-bond donors (Lipinski definition) is 15. The van der Waals surface area contributed by atoms with Crippen LogP contribution < -0.4 is 54.4 Å². The zero-order valence-corrected chi connectivity index (χ0v) is 34.2. The monoisotopic (exact) mass is 882 g/mol. The Morgan fingerprint density at radius 2 is 1.16 bits per heavy atom. The summed E-state index contributed by atoms with van der Waals surface area (Å²) in [6.45, 7) is 0.601. The maximum atomic E-state index is 13.8. The molecule has 62 heavy (non-hydrogen) atoms. The number of aliphatic carboxylic acids is 2. The van der Waals surface area contributed by atoms with Crippen molar-refractivity contribution in [3.8, 4) is 0 Å². The number of aliphatic hydroxyl groups is 3. The molecule has 0 aromatic heterocycles. The third-order valence-corrected chi connectivity index (χ3v) is 8.91. The Balaban J connectivity index is 3.21. The first-order valence-electron chi connectivity index (χ1n) is 19.4. The number of nitrogens with one attached hydrogen (secondary N) is 7. The fourth-order valence-electron chi connectivity index (χ4n) is 5.47. The van der Waals surface area contributed by atoms with Crippen LogP contribution in [-0.4, -0.2) is 159 Å². The maximum absolute atomic E-state index is 13.8. The van der Waals surface area contributed by atoms with Gasteiger partial charge in [-0.1, -0.05) is 30.3 Å². The van der Waals surface area contributed by atoms with E-state index in [0.29, 0.717) is 18.4 Å². The third kappa shape index (κ3) is 19.9. The zero-order chi connectivity index (χ0) is 47.1. The molecule has 25 nitrogen and oxygen atoms in total. The van der Waals surface area contributed by atoms with Gasteiger partial charge in [0.1, 0.15) is 36.3 Å². The van der Waals surface area contributed by atoms with Gasteiger partial charge < -0.3 is 80.0 Å². The molecule has 9 atom stereocenters. The van der Waals surface area contributed by atoms with E-state index in [4.69, 9.17) is 17.2 Å². The molecular weight excluding hydrogens is 824 g/mol. The van der Waals surface area contributed by atoms with Crippen LogP contribution in [0.15, 0.2) is 30.3 Å². The molecule has 0 spiro atoms. The number of unbranched alkanes of at least 4 members (excludes halogenated alkanes) is 1. The van der Waals surface area contributed by atoms with E-state index in [-0.39, 0.29) is 32.2 Å². The van der Waals surface area contributed by atoms with E-state index in [9.17, 15) is 73.5 Å². The Labute approximate surface area is 355 Å². The minimum Gasteiger partial charge on any atom is -0.481 e. The van der Waals surface area contributed by atoms with Crippen LogP contribution in [0.2, 0.25) is 0 Å². The molecule has 0 saturated carbocycles. The van der Waals surface area contributed by atoms with Crippen LogP contribution in [0.25, 0.3) is 0 Å². The van der Waals surface area contributed by atoms with Crippen LogP contribution in [0.5, 0.6) is 0 Å². The van der Waals surface area contributed by atoms with Gasteiger partial charge >= 0.3 is 11.9 Å². The van der Waals surface area contributed by atoms with Crippen LogP contribution in [0, 0.1) is 0 Å². The Kier molecular flexibility index (Phi) is 23.9. The fraction of sp³-hybridized carbons (Fsp3) is 0.568. The van der Waals surface area contributed by atoms with Gasteiger partial charge in [0.15, 0.2) is 0 Å². The number of nitrogens with two attached hydrogens (primary N) is 3. The minimum atomic E-state index is -1.92. The molecule has 25 heteroatoms. The van der Waals surface area contributed by atoms with Crippen LogP contribution in [0.3, 0.4) is 0 Å². The molecule has 0 aliphatic carbocycles. The number of carboxylic acid groups (broad SMARTS) is 2. The fourth-order valence-corrected chi connectivity index (χ4v) is 5.47. The highest BCUT2D eigenvalue weighted by molar-refractivity contribution is 5.98. The number of hydrogen-bond acceptors (Lipinski definition) is 15. The summed E-state index contributed by atoms with van der Waals surface area (Å²) in [7, 11) is 0. The second-order valence-electron chi connectivity index (χ2n) is 14.2. The van der Waals surface area contributed by atoms with Crippen LogP contribution in [0.1, 0.15) is 57.9 Å². The molecule has 8 amide bonds. The van der Waals surface area contributed by atoms with Crippen molar-refractivity contribution in [1.82, 2.24) is 37.2 Å². The molecule has 346 valence electrons. The van der Waals surface area contributed by atoms with Crippen molar-refractivity contribution in [3.63, 3.8) is 0 Å². The third-order valence-electron chi connectivity index (χ3n) is 8.91. The summed E-state index contributed by atoms with van der Waals surface area (Å²) in [5.74, 6) is -11.5. The summed E-state index contributed by atoms with van der Waals surface area (Å²) < 4.78 is 0. The number of amides is 8. The highest BCUT2D eigenvalue weighted by atomic mass is 16.4. The van der Waals surface area contributed by atoms with Gasteiger partial charge in [0.25, 0.3) is 0 Å². The highest BCUT2D eigenvalue weighted by Gasteiger charge is 2.36. The quantitative estimate of drug-likeness (QED) is 0.0333. The van der Waals surface area contributed by atoms with Crippen LogP contribution in [-0.2, 0) is 54.4 Å². The van der Waals surface area contributed by atoms with Crippen molar-refractivity contribution < 1.29 is 73.5 Å². The number of aliphatic hydroxyl groups excluding tert-OH is 3. The second kappa shape index (κ2) is 27.5. The zero-order valence-electron chi connectivity index (χ0n) is 34.2. The Hall–Kier alpha value is -6.28. The average Bonchev–Trinajstić information content (AvgIpc) is 3.20. The molecule has 1 aromatic carbocycles. The molecule has 0 bridgehead atoms. The summed E-state index contributed by atoms with van der Waals surface area (Å²) in [4.78, 5) is 126. The molecule has 1 rings (SSSR count). The van der Waals surface area contributed by atoms with Gasteiger partial charge in [-0.25, -0.2) is 4.79 Å². The lowest BCUT2D eigenvalue weighted by Gasteiger charge is -2.28. The number of primary amides is 1. The molecule has 0 unspecified atom stereocenters. The second-order valence-corrected chi connectivity index (χ2v) is 14.2.